The molecule has 4 heteroatoms. The second kappa shape index (κ2) is 3.26. The molecular weight excluding hydrogens is 196 g/mol. The first kappa shape index (κ1) is 11.0. The molecule has 0 amide bonds. The fraction of sp³-hybridized carbons (Fsp3) is 0.400. The number of alkyl halides is 4. The molecule has 0 aliphatic rings. The molecule has 0 aliphatic carbocycles. The molecule has 0 unspecified atom stereocenters. The lowest BCUT2D eigenvalue weighted by atomic mass is 10.0. The Morgan fingerprint density at radius 3 is 1.07 bits per heavy atom. The van der Waals surface area contributed by atoms with Crippen molar-refractivity contribution in [1.29, 1.82) is 0 Å². The maximum Gasteiger partial charge on any atom is 0.270 e. The molecule has 0 N–H and O–H groups in total. The van der Waals surface area contributed by atoms with Crippen LogP contribution in [0.1, 0.15) is 25.0 Å². The quantitative estimate of drug-likeness (QED) is 0.643. The van der Waals surface area contributed by atoms with Crippen molar-refractivity contribution in [3.05, 3.63) is 35.4 Å². The van der Waals surface area contributed by atoms with Crippen molar-refractivity contribution in [3.8, 4) is 0 Å². The number of hydrogen-bond donors (Lipinski definition) is 0. The normalized spacial score (nSPS) is 13.0. The predicted molar refractivity (Wildman–Crippen MR) is 45.6 cm³/mol. The Kier molecular flexibility index (Phi) is 2.56. The van der Waals surface area contributed by atoms with Crippen LogP contribution in [-0.4, -0.2) is 0 Å². The maximum absolute atomic E-state index is 12.7. The van der Waals surface area contributed by atoms with Crippen LogP contribution in [0.2, 0.25) is 0 Å². The van der Waals surface area contributed by atoms with Gasteiger partial charge in [0, 0.05) is 25.0 Å². The predicted octanol–water partition coefficient (Wildman–Crippen LogP) is 3.91. The van der Waals surface area contributed by atoms with Crippen LogP contribution < -0.4 is 0 Å². The van der Waals surface area contributed by atoms with Crippen LogP contribution in [-0.2, 0) is 11.8 Å². The van der Waals surface area contributed by atoms with E-state index in [1.807, 2.05) is 0 Å². The molecule has 0 bridgehead atoms. The van der Waals surface area contributed by atoms with E-state index < -0.39 is 11.8 Å². The highest BCUT2D eigenvalue weighted by Crippen LogP contribution is 2.31. The molecule has 0 aliphatic heterocycles. The van der Waals surface area contributed by atoms with Gasteiger partial charge in [0.15, 0.2) is 0 Å². The van der Waals surface area contributed by atoms with Crippen molar-refractivity contribution in [3.63, 3.8) is 0 Å². The van der Waals surface area contributed by atoms with Gasteiger partial charge in [0.05, 0.1) is 0 Å². The maximum atomic E-state index is 12.7. The topological polar surface area (TPSA) is 0 Å². The minimum atomic E-state index is -2.98. The van der Waals surface area contributed by atoms with E-state index in [1.165, 1.54) is 0 Å². The van der Waals surface area contributed by atoms with Gasteiger partial charge in [-0.2, -0.15) is 0 Å². The van der Waals surface area contributed by atoms with Crippen molar-refractivity contribution in [1.82, 2.24) is 0 Å². The summed E-state index contributed by atoms with van der Waals surface area (Å²) in [7, 11) is 0. The molecule has 14 heavy (non-hydrogen) atoms. The summed E-state index contributed by atoms with van der Waals surface area (Å²) in [5, 5.41) is 0. The highest BCUT2D eigenvalue weighted by molar-refractivity contribution is 5.27. The third kappa shape index (κ3) is 2.47. The second-order valence-electron chi connectivity index (χ2n) is 3.35. The third-order valence-corrected chi connectivity index (χ3v) is 1.90. The molecule has 0 nitrogen and oxygen atoms in total. The van der Waals surface area contributed by atoms with Crippen LogP contribution in [0.15, 0.2) is 24.3 Å². The monoisotopic (exact) mass is 206 g/mol. The van der Waals surface area contributed by atoms with E-state index in [2.05, 4.69) is 0 Å². The van der Waals surface area contributed by atoms with Crippen molar-refractivity contribution in [2.24, 2.45) is 0 Å². The van der Waals surface area contributed by atoms with Crippen LogP contribution in [0.25, 0.3) is 0 Å². The van der Waals surface area contributed by atoms with Crippen molar-refractivity contribution >= 4 is 0 Å². The van der Waals surface area contributed by atoms with E-state index in [0.29, 0.717) is 0 Å². The number of benzene rings is 1. The zero-order valence-electron chi connectivity index (χ0n) is 7.82. The number of rotatable bonds is 2. The van der Waals surface area contributed by atoms with Crippen LogP contribution in [0.4, 0.5) is 17.6 Å². The van der Waals surface area contributed by atoms with E-state index in [0.717, 1.165) is 38.1 Å². The Hall–Kier alpha value is -1.06. The first-order valence-electron chi connectivity index (χ1n) is 4.08. The lowest BCUT2D eigenvalue weighted by Gasteiger charge is -2.13. The fourth-order valence-electron chi connectivity index (χ4n) is 1.06. The molecule has 78 valence electrons. The van der Waals surface area contributed by atoms with E-state index in [-0.39, 0.29) is 11.1 Å². The van der Waals surface area contributed by atoms with Gasteiger partial charge in [0.2, 0.25) is 0 Å². The van der Waals surface area contributed by atoms with Gasteiger partial charge < -0.3 is 0 Å². The summed E-state index contributed by atoms with van der Waals surface area (Å²) in [6.45, 7) is 1.46. The van der Waals surface area contributed by atoms with E-state index in [4.69, 9.17) is 0 Å². The zero-order chi connectivity index (χ0) is 11.0. The van der Waals surface area contributed by atoms with Gasteiger partial charge in [-0.25, -0.2) is 17.6 Å². The summed E-state index contributed by atoms with van der Waals surface area (Å²) in [6, 6.07) is 4.08. The van der Waals surface area contributed by atoms with Gasteiger partial charge in [0.1, 0.15) is 0 Å². The summed E-state index contributed by atoms with van der Waals surface area (Å²) >= 11 is 0. The minimum absolute atomic E-state index is 0.259. The highest BCUT2D eigenvalue weighted by atomic mass is 19.3. The summed E-state index contributed by atoms with van der Waals surface area (Å²) in [4.78, 5) is 0. The first-order chi connectivity index (χ1) is 6.21. The SMILES string of the molecule is CC(F)(F)c1ccc(C(C)(F)F)cc1. The van der Waals surface area contributed by atoms with Gasteiger partial charge >= 0.3 is 0 Å². The largest absolute Gasteiger partial charge is 0.270 e. The molecule has 1 aromatic rings. The fourth-order valence-corrected chi connectivity index (χ4v) is 1.06. The van der Waals surface area contributed by atoms with Gasteiger partial charge in [-0.3, -0.25) is 0 Å². The van der Waals surface area contributed by atoms with Crippen molar-refractivity contribution in [2.45, 2.75) is 25.7 Å². The molecule has 0 saturated carbocycles. The molecule has 0 aromatic heterocycles. The van der Waals surface area contributed by atoms with Crippen LogP contribution >= 0.6 is 0 Å². The minimum Gasteiger partial charge on any atom is -0.202 e. The Balaban J connectivity index is 3.02. The third-order valence-electron chi connectivity index (χ3n) is 1.90. The molecule has 1 rings (SSSR count). The Bertz CT molecular complexity index is 269. The second-order valence-corrected chi connectivity index (χ2v) is 3.35. The summed E-state index contributed by atoms with van der Waals surface area (Å²) in [5.74, 6) is -5.97. The van der Waals surface area contributed by atoms with E-state index in [1.54, 1.807) is 0 Å². The van der Waals surface area contributed by atoms with Crippen LogP contribution in [0, 0.1) is 0 Å². The number of hydrogen-bond acceptors (Lipinski definition) is 0. The average Bonchev–Trinajstić information content (AvgIpc) is 2.01. The van der Waals surface area contributed by atoms with Crippen LogP contribution in [0.5, 0.6) is 0 Å². The van der Waals surface area contributed by atoms with Crippen molar-refractivity contribution < 1.29 is 17.6 Å². The van der Waals surface area contributed by atoms with Gasteiger partial charge in [0.25, 0.3) is 11.8 Å². The summed E-state index contributed by atoms with van der Waals surface area (Å²) < 4.78 is 50.8. The van der Waals surface area contributed by atoms with E-state index >= 15 is 0 Å². The molecule has 0 radical (unpaired) electrons. The lowest BCUT2D eigenvalue weighted by Crippen LogP contribution is -2.10. The standard InChI is InChI=1S/C10H10F4/c1-9(11,12)7-3-5-8(6-4-7)10(2,13)14/h3-6H,1-2H3. The molecule has 0 saturated heterocycles. The number of halogens is 4. The molecule has 0 atom stereocenters. The summed E-state index contributed by atoms with van der Waals surface area (Å²) in [6.07, 6.45) is 0. The lowest BCUT2D eigenvalue weighted by molar-refractivity contribution is 0.0131. The van der Waals surface area contributed by atoms with Gasteiger partial charge in [-0.15, -0.1) is 0 Å². The smallest absolute Gasteiger partial charge is 0.202 e. The summed E-state index contributed by atoms with van der Waals surface area (Å²) in [5.41, 5.74) is -0.518. The van der Waals surface area contributed by atoms with Crippen LogP contribution in [0.3, 0.4) is 0 Å². The molecule has 0 fully saturated rings. The van der Waals surface area contributed by atoms with Gasteiger partial charge in [-0.1, -0.05) is 24.3 Å². The molecule has 1 aromatic carbocycles. The highest BCUT2D eigenvalue weighted by Gasteiger charge is 2.27. The Morgan fingerprint density at radius 1 is 0.714 bits per heavy atom. The van der Waals surface area contributed by atoms with Gasteiger partial charge in [-0.05, 0) is 0 Å². The first-order valence-corrected chi connectivity index (χ1v) is 4.08. The average molecular weight is 206 g/mol. The van der Waals surface area contributed by atoms with E-state index in [9.17, 15) is 17.6 Å². The zero-order valence-corrected chi connectivity index (χ0v) is 7.82. The molecule has 0 heterocycles. The Morgan fingerprint density at radius 2 is 0.929 bits per heavy atom. The van der Waals surface area contributed by atoms with Crippen molar-refractivity contribution in [2.75, 3.05) is 0 Å². The molecule has 0 spiro atoms. The molecular formula is C10H10F4. The Labute approximate surface area is 79.6 Å².